The summed E-state index contributed by atoms with van der Waals surface area (Å²) in [7, 11) is -1.84. The van der Waals surface area contributed by atoms with Crippen molar-refractivity contribution in [1.82, 2.24) is 19.0 Å². The molecule has 1 heterocycles. The average Bonchev–Trinajstić information content (AvgIpc) is 3.17. The van der Waals surface area contributed by atoms with Crippen LogP contribution in [0, 0.1) is 0 Å². The van der Waals surface area contributed by atoms with Gasteiger partial charge in [0.1, 0.15) is 9.90 Å². The Morgan fingerprint density at radius 3 is 2.45 bits per heavy atom. The van der Waals surface area contributed by atoms with E-state index in [-0.39, 0.29) is 9.92 Å². The summed E-state index contributed by atoms with van der Waals surface area (Å²) < 4.78 is 30.2. The Morgan fingerprint density at radius 2 is 1.82 bits per heavy atom. The minimum atomic E-state index is -3.73. The molecule has 3 rings (SSSR count). The lowest BCUT2D eigenvalue weighted by Crippen LogP contribution is -2.38. The van der Waals surface area contributed by atoms with Gasteiger partial charge in [0.2, 0.25) is 14.8 Å². The molecule has 0 atom stereocenters. The summed E-state index contributed by atoms with van der Waals surface area (Å²) >= 11 is 7.89. The highest BCUT2D eigenvalue weighted by molar-refractivity contribution is 7.89. The van der Waals surface area contributed by atoms with E-state index in [1.807, 2.05) is 20.0 Å². The van der Waals surface area contributed by atoms with E-state index >= 15 is 0 Å². The molecule has 33 heavy (non-hydrogen) atoms. The number of nitrogens with zero attached hydrogens (tertiary/aromatic N) is 5. The highest BCUT2D eigenvalue weighted by Crippen LogP contribution is 2.30. The number of halogens is 1. The Morgan fingerprint density at radius 1 is 1.12 bits per heavy atom. The zero-order valence-electron chi connectivity index (χ0n) is 20.1. The van der Waals surface area contributed by atoms with Gasteiger partial charge in [0.05, 0.1) is 11.1 Å². The predicted molar refractivity (Wildman–Crippen MR) is 136 cm³/mol. The second-order valence-corrected chi connectivity index (χ2v) is 11.7. The standard InChI is InChI=1S/C23H36ClN5O2S2/c1-5-28(6-2)15-16-29(7-3)33(30,31)21-17-18(13-14-20(21)24)22-26-27(4)23(32-22)25-19-11-9-8-10-12-19/h13-14,17,19H,5-12,15-16H2,1-4H3. The first-order valence-electron chi connectivity index (χ1n) is 11.9. The van der Waals surface area contributed by atoms with Crippen molar-refractivity contribution in [2.24, 2.45) is 12.0 Å². The van der Waals surface area contributed by atoms with Crippen molar-refractivity contribution in [3.05, 3.63) is 28.0 Å². The summed E-state index contributed by atoms with van der Waals surface area (Å²) in [5, 5.41) is 5.60. The van der Waals surface area contributed by atoms with Gasteiger partial charge >= 0.3 is 0 Å². The Kier molecular flexibility index (Phi) is 9.52. The first kappa shape index (κ1) is 26.3. The number of aryl methyl sites for hydroxylation is 1. The normalized spacial score (nSPS) is 16.3. The van der Waals surface area contributed by atoms with Crippen molar-refractivity contribution in [2.45, 2.75) is 63.8 Å². The Balaban J connectivity index is 1.90. The maximum Gasteiger partial charge on any atom is 0.244 e. The molecule has 0 aliphatic heterocycles. The minimum absolute atomic E-state index is 0.131. The van der Waals surface area contributed by atoms with Gasteiger partial charge in [-0.05, 0) is 38.1 Å². The van der Waals surface area contributed by atoms with Crippen LogP contribution in [0.1, 0.15) is 52.9 Å². The maximum atomic E-state index is 13.5. The molecule has 2 aromatic rings. The van der Waals surface area contributed by atoms with Crippen LogP contribution in [0.25, 0.3) is 10.6 Å². The van der Waals surface area contributed by atoms with Crippen molar-refractivity contribution in [1.29, 1.82) is 0 Å². The largest absolute Gasteiger partial charge is 0.303 e. The number of aromatic nitrogens is 2. The number of likely N-dealkylation sites (N-methyl/N-ethyl adjacent to an activating group) is 2. The highest BCUT2D eigenvalue weighted by atomic mass is 35.5. The van der Waals surface area contributed by atoms with E-state index in [0.29, 0.717) is 25.7 Å². The molecule has 1 saturated carbocycles. The van der Waals surface area contributed by atoms with Crippen LogP contribution in [-0.2, 0) is 17.1 Å². The van der Waals surface area contributed by atoms with Crippen LogP contribution in [0.4, 0.5) is 0 Å². The van der Waals surface area contributed by atoms with E-state index in [2.05, 4.69) is 23.8 Å². The second-order valence-electron chi connectivity index (χ2n) is 8.40. The molecule has 0 saturated heterocycles. The van der Waals surface area contributed by atoms with Gasteiger partial charge in [-0.3, -0.25) is 4.99 Å². The monoisotopic (exact) mass is 513 g/mol. The van der Waals surface area contributed by atoms with E-state index in [9.17, 15) is 8.42 Å². The lowest BCUT2D eigenvalue weighted by molar-refractivity contribution is 0.274. The van der Waals surface area contributed by atoms with Gasteiger partial charge < -0.3 is 4.90 Å². The number of benzene rings is 1. The predicted octanol–water partition coefficient (Wildman–Crippen LogP) is 4.39. The molecule has 7 nitrogen and oxygen atoms in total. The van der Waals surface area contributed by atoms with Crippen molar-refractivity contribution in [2.75, 3.05) is 32.7 Å². The fourth-order valence-electron chi connectivity index (χ4n) is 4.16. The van der Waals surface area contributed by atoms with Gasteiger partial charge in [-0.15, -0.1) is 0 Å². The zero-order chi connectivity index (χ0) is 24.0. The summed E-state index contributed by atoms with van der Waals surface area (Å²) in [6.45, 7) is 9.30. The molecular weight excluding hydrogens is 478 g/mol. The van der Waals surface area contributed by atoms with Gasteiger partial charge in [-0.2, -0.15) is 9.40 Å². The summed E-state index contributed by atoms with van der Waals surface area (Å²) in [4.78, 5) is 8.12. The van der Waals surface area contributed by atoms with E-state index in [0.717, 1.165) is 41.3 Å². The molecular formula is C23H36ClN5O2S2. The zero-order valence-corrected chi connectivity index (χ0v) is 22.5. The fourth-order valence-corrected chi connectivity index (χ4v) is 7.06. The fraction of sp³-hybridized carbons (Fsp3) is 0.652. The molecule has 1 aliphatic rings. The Labute approximate surface area is 207 Å². The second kappa shape index (κ2) is 11.9. The van der Waals surface area contributed by atoms with Crippen molar-refractivity contribution in [3.8, 4) is 10.6 Å². The smallest absolute Gasteiger partial charge is 0.244 e. The lowest BCUT2D eigenvalue weighted by atomic mass is 9.96. The third kappa shape index (κ3) is 6.45. The van der Waals surface area contributed by atoms with Gasteiger partial charge in [0.25, 0.3) is 0 Å². The molecule has 1 fully saturated rings. The molecule has 0 radical (unpaired) electrons. The van der Waals surface area contributed by atoms with Crippen LogP contribution in [0.15, 0.2) is 28.1 Å². The van der Waals surface area contributed by atoms with Gasteiger partial charge in [0.15, 0.2) is 0 Å². The highest BCUT2D eigenvalue weighted by Gasteiger charge is 2.27. The van der Waals surface area contributed by atoms with Gasteiger partial charge in [-0.25, -0.2) is 13.1 Å². The van der Waals surface area contributed by atoms with Crippen LogP contribution < -0.4 is 4.80 Å². The van der Waals surface area contributed by atoms with Gasteiger partial charge in [0, 0.05) is 32.2 Å². The van der Waals surface area contributed by atoms with E-state index in [1.54, 1.807) is 16.8 Å². The third-order valence-electron chi connectivity index (χ3n) is 6.28. The molecule has 10 heteroatoms. The average molecular weight is 514 g/mol. The number of sulfonamides is 1. The number of rotatable bonds is 10. The van der Waals surface area contributed by atoms with Crippen LogP contribution in [0.5, 0.6) is 0 Å². The summed E-state index contributed by atoms with van der Waals surface area (Å²) in [6, 6.07) is 5.49. The SMILES string of the molecule is CCN(CC)CCN(CC)S(=O)(=O)c1cc(-c2nn(C)c(=NC3CCCCC3)s2)ccc1Cl. The van der Waals surface area contributed by atoms with Crippen LogP contribution in [-0.4, -0.2) is 66.2 Å². The third-order valence-corrected chi connectivity index (χ3v) is 9.80. The molecule has 1 aromatic heterocycles. The Hall–Kier alpha value is -1.26. The summed E-state index contributed by atoms with van der Waals surface area (Å²) in [6.07, 6.45) is 5.99. The number of hydrogen-bond donors (Lipinski definition) is 0. The van der Waals surface area contributed by atoms with E-state index in [4.69, 9.17) is 16.6 Å². The van der Waals surface area contributed by atoms with Crippen molar-refractivity contribution >= 4 is 33.0 Å². The molecule has 0 unspecified atom stereocenters. The summed E-state index contributed by atoms with van der Waals surface area (Å²) in [5.41, 5.74) is 0.739. The quantitative estimate of drug-likeness (QED) is 0.472. The maximum absolute atomic E-state index is 13.5. The lowest BCUT2D eigenvalue weighted by Gasteiger charge is -2.25. The van der Waals surface area contributed by atoms with Gasteiger partial charge in [-0.1, -0.05) is 69.0 Å². The molecule has 0 bridgehead atoms. The molecule has 1 aromatic carbocycles. The molecule has 0 N–H and O–H groups in total. The van der Waals surface area contributed by atoms with Crippen LogP contribution in [0.2, 0.25) is 5.02 Å². The molecule has 0 spiro atoms. The van der Waals surface area contributed by atoms with Crippen molar-refractivity contribution < 1.29 is 8.42 Å². The van der Waals surface area contributed by atoms with E-state index < -0.39 is 10.0 Å². The van der Waals surface area contributed by atoms with Crippen LogP contribution in [0.3, 0.4) is 0 Å². The first-order chi connectivity index (χ1) is 15.8. The summed E-state index contributed by atoms with van der Waals surface area (Å²) in [5.74, 6) is 0. The molecule has 0 amide bonds. The van der Waals surface area contributed by atoms with Crippen LogP contribution >= 0.6 is 22.9 Å². The number of hydrogen-bond acceptors (Lipinski definition) is 6. The molecule has 1 aliphatic carbocycles. The topological polar surface area (TPSA) is 70.8 Å². The Bertz CT molecular complexity index is 1090. The van der Waals surface area contributed by atoms with Crippen molar-refractivity contribution in [3.63, 3.8) is 0 Å². The molecule has 184 valence electrons. The minimum Gasteiger partial charge on any atom is -0.303 e. The van der Waals surface area contributed by atoms with E-state index in [1.165, 1.54) is 34.9 Å². The first-order valence-corrected chi connectivity index (χ1v) is 14.5.